The lowest BCUT2D eigenvalue weighted by Crippen LogP contribution is -2.03. The summed E-state index contributed by atoms with van der Waals surface area (Å²) in [7, 11) is 1.65. The maximum absolute atomic E-state index is 5.98. The third kappa shape index (κ3) is 5.41. The molecule has 0 amide bonds. The smallest absolute Gasteiger partial charge is 0.175 e. The maximum atomic E-state index is 5.98. The van der Waals surface area contributed by atoms with Gasteiger partial charge in [0.2, 0.25) is 0 Å². The first-order valence-electron chi connectivity index (χ1n) is 8.59. The summed E-state index contributed by atoms with van der Waals surface area (Å²) < 4.78 is 12.4. The minimum absolute atomic E-state index is 0.438. The SMILES string of the molecule is COc1cc(CNc2cccc(C)c2)cc(Br)c1OCc1ccc(Cl)cc1. The van der Waals surface area contributed by atoms with Crippen LogP contribution in [-0.4, -0.2) is 7.11 Å². The molecule has 0 aliphatic carbocycles. The van der Waals surface area contributed by atoms with Crippen molar-refractivity contribution in [1.82, 2.24) is 0 Å². The van der Waals surface area contributed by atoms with Gasteiger partial charge < -0.3 is 14.8 Å². The van der Waals surface area contributed by atoms with Crippen LogP contribution in [0.5, 0.6) is 11.5 Å². The molecule has 0 heterocycles. The van der Waals surface area contributed by atoms with Crippen molar-refractivity contribution in [2.24, 2.45) is 0 Å². The van der Waals surface area contributed by atoms with E-state index >= 15 is 0 Å². The van der Waals surface area contributed by atoms with E-state index in [0.29, 0.717) is 29.7 Å². The first-order valence-corrected chi connectivity index (χ1v) is 9.76. The van der Waals surface area contributed by atoms with Crippen molar-refractivity contribution in [3.63, 3.8) is 0 Å². The molecule has 0 aliphatic heterocycles. The molecular weight excluding hydrogens is 426 g/mol. The van der Waals surface area contributed by atoms with Crippen molar-refractivity contribution in [2.45, 2.75) is 20.1 Å². The number of hydrogen-bond acceptors (Lipinski definition) is 3. The van der Waals surface area contributed by atoms with Crippen LogP contribution in [0.1, 0.15) is 16.7 Å². The molecule has 140 valence electrons. The van der Waals surface area contributed by atoms with E-state index < -0.39 is 0 Å². The maximum Gasteiger partial charge on any atom is 0.175 e. The van der Waals surface area contributed by atoms with E-state index in [0.717, 1.165) is 21.3 Å². The van der Waals surface area contributed by atoms with Gasteiger partial charge in [0.1, 0.15) is 6.61 Å². The van der Waals surface area contributed by atoms with Gasteiger partial charge in [0.25, 0.3) is 0 Å². The number of rotatable bonds is 7. The van der Waals surface area contributed by atoms with Crippen molar-refractivity contribution < 1.29 is 9.47 Å². The van der Waals surface area contributed by atoms with E-state index in [1.54, 1.807) is 7.11 Å². The Hall–Kier alpha value is -2.17. The van der Waals surface area contributed by atoms with Gasteiger partial charge in [-0.05, 0) is 75.9 Å². The Morgan fingerprint density at radius 1 is 1.00 bits per heavy atom. The van der Waals surface area contributed by atoms with Gasteiger partial charge in [-0.2, -0.15) is 0 Å². The summed E-state index contributed by atoms with van der Waals surface area (Å²) in [5.74, 6) is 1.38. The molecule has 0 atom stereocenters. The molecule has 0 bridgehead atoms. The lowest BCUT2D eigenvalue weighted by molar-refractivity contribution is 0.282. The molecular formula is C22H21BrClNO2. The molecule has 0 spiro atoms. The summed E-state index contributed by atoms with van der Waals surface area (Å²) in [6.07, 6.45) is 0. The Morgan fingerprint density at radius 2 is 1.78 bits per heavy atom. The summed E-state index contributed by atoms with van der Waals surface area (Å²) in [5, 5.41) is 4.14. The number of benzene rings is 3. The number of halogens is 2. The van der Waals surface area contributed by atoms with Crippen LogP contribution in [-0.2, 0) is 13.2 Å². The second-order valence-electron chi connectivity index (χ2n) is 6.25. The van der Waals surface area contributed by atoms with Crippen molar-refractivity contribution in [2.75, 3.05) is 12.4 Å². The quantitative estimate of drug-likeness (QED) is 0.443. The van der Waals surface area contributed by atoms with Crippen molar-refractivity contribution >= 4 is 33.2 Å². The minimum Gasteiger partial charge on any atom is -0.493 e. The van der Waals surface area contributed by atoms with Crippen LogP contribution in [0.2, 0.25) is 5.02 Å². The highest BCUT2D eigenvalue weighted by Crippen LogP contribution is 2.37. The molecule has 27 heavy (non-hydrogen) atoms. The first-order chi connectivity index (χ1) is 13.0. The predicted octanol–water partition coefficient (Wildman–Crippen LogP) is 6.61. The molecule has 0 unspecified atom stereocenters. The van der Waals surface area contributed by atoms with Gasteiger partial charge in [0.15, 0.2) is 11.5 Å². The van der Waals surface area contributed by atoms with Gasteiger partial charge >= 0.3 is 0 Å². The third-order valence-corrected chi connectivity index (χ3v) is 4.94. The highest BCUT2D eigenvalue weighted by Gasteiger charge is 2.12. The van der Waals surface area contributed by atoms with Crippen LogP contribution in [0, 0.1) is 6.92 Å². The van der Waals surface area contributed by atoms with E-state index in [2.05, 4.69) is 46.4 Å². The lowest BCUT2D eigenvalue weighted by Gasteiger charge is -2.15. The van der Waals surface area contributed by atoms with E-state index in [4.69, 9.17) is 21.1 Å². The number of ether oxygens (including phenoxy) is 2. The second-order valence-corrected chi connectivity index (χ2v) is 7.54. The normalized spacial score (nSPS) is 10.5. The third-order valence-electron chi connectivity index (χ3n) is 4.10. The summed E-state index contributed by atoms with van der Waals surface area (Å²) in [5.41, 5.74) is 4.45. The van der Waals surface area contributed by atoms with E-state index in [1.807, 2.05) is 42.5 Å². The average molecular weight is 447 g/mol. The van der Waals surface area contributed by atoms with Gasteiger partial charge in [0, 0.05) is 17.3 Å². The van der Waals surface area contributed by atoms with Crippen molar-refractivity contribution in [3.05, 3.63) is 86.8 Å². The topological polar surface area (TPSA) is 30.5 Å². The molecule has 5 heteroatoms. The molecule has 0 saturated carbocycles. The first kappa shape index (κ1) is 19.6. The van der Waals surface area contributed by atoms with Gasteiger partial charge in [-0.1, -0.05) is 35.9 Å². The standard InChI is InChI=1S/C22H21BrClNO2/c1-15-4-3-5-19(10-15)25-13-17-11-20(23)22(21(12-17)26-2)27-14-16-6-8-18(24)9-7-16/h3-12,25H,13-14H2,1-2H3. The van der Waals surface area contributed by atoms with E-state index in [1.165, 1.54) is 5.56 Å². The zero-order valence-corrected chi connectivity index (χ0v) is 17.6. The zero-order chi connectivity index (χ0) is 19.2. The molecule has 0 aromatic heterocycles. The van der Waals surface area contributed by atoms with E-state index in [-0.39, 0.29) is 0 Å². The zero-order valence-electron chi connectivity index (χ0n) is 15.3. The molecule has 3 rings (SSSR count). The molecule has 3 aromatic rings. The summed E-state index contributed by atoms with van der Waals surface area (Å²) in [4.78, 5) is 0. The van der Waals surface area contributed by atoms with Gasteiger partial charge in [-0.3, -0.25) is 0 Å². The molecule has 0 saturated heterocycles. The number of anilines is 1. The van der Waals surface area contributed by atoms with Crippen LogP contribution in [0.15, 0.2) is 65.1 Å². The Morgan fingerprint density at radius 3 is 2.48 bits per heavy atom. The van der Waals surface area contributed by atoms with Gasteiger partial charge in [-0.25, -0.2) is 0 Å². The Bertz CT molecular complexity index is 913. The molecule has 3 nitrogen and oxygen atoms in total. The van der Waals surface area contributed by atoms with Gasteiger partial charge in [0.05, 0.1) is 11.6 Å². The molecule has 1 N–H and O–H groups in total. The fourth-order valence-corrected chi connectivity index (χ4v) is 3.44. The van der Waals surface area contributed by atoms with Crippen molar-refractivity contribution in [3.8, 4) is 11.5 Å². The molecule has 3 aromatic carbocycles. The molecule has 0 fully saturated rings. The Kier molecular flexibility index (Phi) is 6.64. The van der Waals surface area contributed by atoms with E-state index in [9.17, 15) is 0 Å². The van der Waals surface area contributed by atoms with Crippen molar-refractivity contribution in [1.29, 1.82) is 0 Å². The van der Waals surface area contributed by atoms with Crippen LogP contribution in [0.4, 0.5) is 5.69 Å². The fraction of sp³-hybridized carbons (Fsp3) is 0.182. The van der Waals surface area contributed by atoms with Crippen LogP contribution < -0.4 is 14.8 Å². The second kappa shape index (κ2) is 9.16. The lowest BCUT2D eigenvalue weighted by atomic mass is 10.1. The highest BCUT2D eigenvalue weighted by atomic mass is 79.9. The number of nitrogens with one attached hydrogen (secondary N) is 1. The Labute approximate surface area is 173 Å². The minimum atomic E-state index is 0.438. The van der Waals surface area contributed by atoms with Gasteiger partial charge in [-0.15, -0.1) is 0 Å². The number of aryl methyl sites for hydroxylation is 1. The monoisotopic (exact) mass is 445 g/mol. The Balaban J connectivity index is 1.71. The number of methoxy groups -OCH3 is 1. The summed E-state index contributed by atoms with van der Waals surface area (Å²) in [6.45, 7) is 3.21. The largest absolute Gasteiger partial charge is 0.493 e. The summed E-state index contributed by atoms with van der Waals surface area (Å²) in [6, 6.07) is 19.9. The number of hydrogen-bond donors (Lipinski definition) is 1. The summed E-state index contributed by atoms with van der Waals surface area (Å²) >= 11 is 9.54. The fourth-order valence-electron chi connectivity index (χ4n) is 2.71. The average Bonchev–Trinajstić information content (AvgIpc) is 2.66. The molecule has 0 radical (unpaired) electrons. The van der Waals surface area contributed by atoms with Crippen LogP contribution in [0.25, 0.3) is 0 Å². The predicted molar refractivity (Wildman–Crippen MR) is 115 cm³/mol. The van der Waals surface area contributed by atoms with Crippen LogP contribution >= 0.6 is 27.5 Å². The highest BCUT2D eigenvalue weighted by molar-refractivity contribution is 9.10. The van der Waals surface area contributed by atoms with Crippen LogP contribution in [0.3, 0.4) is 0 Å². The molecule has 0 aliphatic rings.